The standard InChI is InChI=1S/C18H22N/c1-13-9-14-11-18(2,3)12-15(14)10-16(13)17-7-5-6-8-19(17)4/h5-10H,11-12H2,1-4H3/q+1. The maximum Gasteiger partial charge on any atom is 0.212 e. The van der Waals surface area contributed by atoms with Crippen molar-refractivity contribution in [3.8, 4) is 11.3 Å². The van der Waals surface area contributed by atoms with Crippen molar-refractivity contribution in [1.82, 2.24) is 0 Å². The molecular weight excluding hydrogens is 230 g/mol. The van der Waals surface area contributed by atoms with E-state index in [0.29, 0.717) is 5.41 Å². The first kappa shape index (κ1) is 12.4. The Hall–Kier alpha value is -1.63. The zero-order chi connectivity index (χ0) is 13.6. The van der Waals surface area contributed by atoms with Crippen molar-refractivity contribution < 1.29 is 4.57 Å². The minimum Gasteiger partial charge on any atom is -0.201 e. The van der Waals surface area contributed by atoms with Crippen LogP contribution >= 0.6 is 0 Å². The first-order valence-corrected chi connectivity index (χ1v) is 7.04. The Kier molecular flexibility index (Phi) is 2.74. The highest BCUT2D eigenvalue weighted by molar-refractivity contribution is 5.64. The van der Waals surface area contributed by atoms with Crippen LogP contribution in [0.3, 0.4) is 0 Å². The van der Waals surface area contributed by atoms with Crippen LogP contribution in [0, 0.1) is 12.3 Å². The lowest BCUT2D eigenvalue weighted by atomic mass is 9.90. The molecule has 0 aliphatic heterocycles. The number of hydrogen-bond acceptors (Lipinski definition) is 0. The van der Waals surface area contributed by atoms with Gasteiger partial charge in [-0.1, -0.05) is 19.9 Å². The highest BCUT2D eigenvalue weighted by Crippen LogP contribution is 2.38. The Bertz CT molecular complexity index is 638. The Morgan fingerprint density at radius 1 is 1.05 bits per heavy atom. The fourth-order valence-electron chi connectivity index (χ4n) is 3.31. The van der Waals surface area contributed by atoms with E-state index in [0.717, 1.165) is 0 Å². The third-order valence-electron chi connectivity index (χ3n) is 4.22. The van der Waals surface area contributed by atoms with Gasteiger partial charge in [0.25, 0.3) is 0 Å². The zero-order valence-corrected chi connectivity index (χ0v) is 12.3. The van der Waals surface area contributed by atoms with E-state index in [-0.39, 0.29) is 0 Å². The smallest absolute Gasteiger partial charge is 0.201 e. The maximum absolute atomic E-state index is 2.41. The van der Waals surface area contributed by atoms with Crippen molar-refractivity contribution in [3.63, 3.8) is 0 Å². The zero-order valence-electron chi connectivity index (χ0n) is 12.3. The van der Waals surface area contributed by atoms with Gasteiger partial charge in [0.1, 0.15) is 7.05 Å². The number of pyridine rings is 1. The van der Waals surface area contributed by atoms with Crippen LogP contribution < -0.4 is 4.57 Å². The van der Waals surface area contributed by atoms with Crippen LogP contribution in [0.25, 0.3) is 11.3 Å². The van der Waals surface area contributed by atoms with E-state index in [1.165, 1.54) is 35.2 Å². The Balaban J connectivity index is 2.14. The van der Waals surface area contributed by atoms with Gasteiger partial charge in [-0.15, -0.1) is 0 Å². The summed E-state index contributed by atoms with van der Waals surface area (Å²) in [5.41, 5.74) is 7.57. The molecule has 2 aromatic rings. The van der Waals surface area contributed by atoms with Crippen LogP contribution in [0.5, 0.6) is 0 Å². The Labute approximate surface area is 115 Å². The van der Waals surface area contributed by atoms with E-state index in [4.69, 9.17) is 0 Å². The molecule has 0 N–H and O–H groups in total. The number of fused-ring (bicyclic) bond motifs is 1. The topological polar surface area (TPSA) is 3.88 Å². The summed E-state index contributed by atoms with van der Waals surface area (Å²) < 4.78 is 2.20. The molecule has 1 aliphatic carbocycles. The molecule has 1 aromatic carbocycles. The van der Waals surface area contributed by atoms with E-state index < -0.39 is 0 Å². The molecule has 0 bridgehead atoms. The second-order valence-corrected chi connectivity index (χ2v) is 6.65. The van der Waals surface area contributed by atoms with Gasteiger partial charge in [0.05, 0.1) is 0 Å². The molecule has 0 unspecified atom stereocenters. The van der Waals surface area contributed by atoms with Crippen LogP contribution in [0.15, 0.2) is 36.5 Å². The van der Waals surface area contributed by atoms with Crippen molar-refractivity contribution in [2.45, 2.75) is 33.6 Å². The van der Waals surface area contributed by atoms with Gasteiger partial charge in [-0.25, -0.2) is 4.57 Å². The summed E-state index contributed by atoms with van der Waals surface area (Å²) in [5, 5.41) is 0. The molecule has 0 spiro atoms. The molecule has 19 heavy (non-hydrogen) atoms. The second-order valence-electron chi connectivity index (χ2n) is 6.65. The molecule has 1 aliphatic rings. The van der Waals surface area contributed by atoms with Gasteiger partial charge in [-0.2, -0.15) is 0 Å². The van der Waals surface area contributed by atoms with Crippen molar-refractivity contribution in [2.24, 2.45) is 12.5 Å². The van der Waals surface area contributed by atoms with Gasteiger partial charge in [-0.05, 0) is 54.0 Å². The van der Waals surface area contributed by atoms with Gasteiger partial charge >= 0.3 is 0 Å². The highest BCUT2D eigenvalue weighted by atomic mass is 14.9. The highest BCUT2D eigenvalue weighted by Gasteiger charge is 2.29. The van der Waals surface area contributed by atoms with Gasteiger partial charge < -0.3 is 0 Å². The monoisotopic (exact) mass is 252 g/mol. The molecule has 0 saturated carbocycles. The Morgan fingerprint density at radius 2 is 1.74 bits per heavy atom. The van der Waals surface area contributed by atoms with Crippen LogP contribution in [-0.2, 0) is 19.9 Å². The third kappa shape index (κ3) is 2.18. The largest absolute Gasteiger partial charge is 0.212 e. The molecule has 3 rings (SSSR count). The summed E-state index contributed by atoms with van der Waals surface area (Å²) >= 11 is 0. The lowest BCUT2D eigenvalue weighted by molar-refractivity contribution is -0.660. The molecule has 0 saturated heterocycles. The predicted molar refractivity (Wildman–Crippen MR) is 79.0 cm³/mol. The van der Waals surface area contributed by atoms with E-state index in [1.807, 2.05) is 0 Å². The Morgan fingerprint density at radius 3 is 2.42 bits per heavy atom. The summed E-state index contributed by atoms with van der Waals surface area (Å²) in [6.45, 7) is 6.96. The van der Waals surface area contributed by atoms with Crippen LogP contribution in [0.4, 0.5) is 0 Å². The van der Waals surface area contributed by atoms with Gasteiger partial charge in [-0.3, -0.25) is 0 Å². The van der Waals surface area contributed by atoms with E-state index >= 15 is 0 Å². The molecule has 1 aromatic heterocycles. The summed E-state index contributed by atoms with van der Waals surface area (Å²) in [6.07, 6.45) is 4.53. The molecule has 0 amide bonds. The molecular formula is C18H22N+. The predicted octanol–water partition coefficient (Wildman–Crippen LogP) is 3.61. The first-order valence-electron chi connectivity index (χ1n) is 7.04. The van der Waals surface area contributed by atoms with E-state index in [1.54, 1.807) is 5.56 Å². The third-order valence-corrected chi connectivity index (χ3v) is 4.22. The molecule has 0 radical (unpaired) electrons. The fraction of sp³-hybridized carbons (Fsp3) is 0.389. The number of benzene rings is 1. The van der Waals surface area contributed by atoms with Gasteiger partial charge in [0.15, 0.2) is 6.20 Å². The van der Waals surface area contributed by atoms with Crippen molar-refractivity contribution >= 4 is 0 Å². The lowest BCUT2D eigenvalue weighted by Gasteiger charge is -2.14. The molecule has 1 heteroatoms. The van der Waals surface area contributed by atoms with Crippen LogP contribution in [0.1, 0.15) is 30.5 Å². The van der Waals surface area contributed by atoms with Crippen LogP contribution in [-0.4, -0.2) is 0 Å². The molecule has 98 valence electrons. The fourth-order valence-corrected chi connectivity index (χ4v) is 3.31. The summed E-state index contributed by atoms with van der Waals surface area (Å²) in [7, 11) is 2.12. The molecule has 0 atom stereocenters. The summed E-state index contributed by atoms with van der Waals surface area (Å²) in [5.74, 6) is 0. The number of aryl methyl sites for hydroxylation is 2. The minimum absolute atomic E-state index is 0.423. The maximum atomic E-state index is 2.41. The van der Waals surface area contributed by atoms with E-state index in [9.17, 15) is 0 Å². The minimum atomic E-state index is 0.423. The normalized spacial score (nSPS) is 16.4. The molecule has 1 nitrogen and oxygen atoms in total. The SMILES string of the molecule is Cc1cc2c(cc1-c1cccc[n+]1C)CC(C)(C)C2. The lowest BCUT2D eigenvalue weighted by Crippen LogP contribution is -2.30. The number of nitrogens with zero attached hydrogens (tertiary/aromatic N) is 1. The number of aromatic nitrogens is 1. The van der Waals surface area contributed by atoms with Gasteiger partial charge in [0.2, 0.25) is 5.69 Å². The second kappa shape index (κ2) is 4.19. The quantitative estimate of drug-likeness (QED) is 0.683. The number of rotatable bonds is 1. The molecule has 1 heterocycles. The van der Waals surface area contributed by atoms with E-state index in [2.05, 4.69) is 68.9 Å². The summed E-state index contributed by atoms with van der Waals surface area (Å²) in [4.78, 5) is 0. The average Bonchev–Trinajstić information content (AvgIpc) is 2.62. The van der Waals surface area contributed by atoms with Gasteiger partial charge in [0, 0.05) is 17.7 Å². The van der Waals surface area contributed by atoms with Crippen LogP contribution in [0.2, 0.25) is 0 Å². The summed E-state index contributed by atoms with van der Waals surface area (Å²) in [6, 6.07) is 11.2. The molecule has 0 fully saturated rings. The average molecular weight is 252 g/mol. The number of hydrogen-bond donors (Lipinski definition) is 0. The van der Waals surface area contributed by atoms with Crippen molar-refractivity contribution in [2.75, 3.05) is 0 Å². The first-order chi connectivity index (χ1) is 8.96. The van der Waals surface area contributed by atoms with Crippen molar-refractivity contribution in [1.29, 1.82) is 0 Å². The van der Waals surface area contributed by atoms with Crippen molar-refractivity contribution in [3.05, 3.63) is 53.2 Å².